The van der Waals surface area contributed by atoms with E-state index in [1.807, 2.05) is 30.5 Å². The Hall–Kier alpha value is -0.710. The number of hydrogen-bond acceptors (Lipinski definition) is 3. The average molecular weight is 243 g/mol. The predicted octanol–water partition coefficient (Wildman–Crippen LogP) is 0.919. The molecule has 2 rings (SSSR count). The summed E-state index contributed by atoms with van der Waals surface area (Å²) >= 11 is 1.84. The van der Waals surface area contributed by atoms with Gasteiger partial charge in [-0.3, -0.25) is 9.59 Å². The molecule has 16 heavy (non-hydrogen) atoms. The van der Waals surface area contributed by atoms with Crippen LogP contribution in [0.3, 0.4) is 0 Å². The molecule has 1 aliphatic carbocycles. The Morgan fingerprint density at radius 2 is 1.81 bits per heavy atom. The van der Waals surface area contributed by atoms with E-state index in [4.69, 9.17) is 5.11 Å². The highest BCUT2D eigenvalue weighted by atomic mass is 32.2. The normalized spacial score (nSPS) is 32.2. The summed E-state index contributed by atoms with van der Waals surface area (Å²) in [6, 6.07) is 0. The molecular formula is C11H17NO3S. The fourth-order valence-electron chi connectivity index (χ4n) is 2.54. The average Bonchev–Trinajstić information content (AvgIpc) is 2.82. The first-order valence-electron chi connectivity index (χ1n) is 5.55. The minimum atomic E-state index is -0.838. The molecular weight excluding hydrogens is 226 g/mol. The molecule has 2 aliphatic rings. The summed E-state index contributed by atoms with van der Waals surface area (Å²) in [5, 5.41) is 9.03. The van der Waals surface area contributed by atoms with Gasteiger partial charge in [0, 0.05) is 24.6 Å². The highest BCUT2D eigenvalue weighted by Crippen LogP contribution is 2.59. The Labute approximate surface area is 99.4 Å². The van der Waals surface area contributed by atoms with E-state index in [2.05, 4.69) is 0 Å². The molecule has 5 heteroatoms. The largest absolute Gasteiger partial charge is 0.481 e. The van der Waals surface area contributed by atoms with Gasteiger partial charge in [-0.2, -0.15) is 11.8 Å². The molecule has 0 radical (unpaired) electrons. The van der Waals surface area contributed by atoms with E-state index >= 15 is 0 Å². The summed E-state index contributed by atoms with van der Waals surface area (Å²) in [4.78, 5) is 25.0. The molecule has 0 unspecified atom stereocenters. The predicted molar refractivity (Wildman–Crippen MR) is 62.3 cm³/mol. The SMILES string of the molecule is CC1(C)[C@@H](C(=O)O)[C@@H]1C(=O)N1CCSCC1. The van der Waals surface area contributed by atoms with Crippen LogP contribution >= 0.6 is 11.8 Å². The number of carbonyl (C=O) groups excluding carboxylic acids is 1. The maximum Gasteiger partial charge on any atom is 0.307 e. The van der Waals surface area contributed by atoms with E-state index in [-0.39, 0.29) is 17.2 Å². The van der Waals surface area contributed by atoms with E-state index in [0.29, 0.717) is 0 Å². The van der Waals surface area contributed by atoms with Gasteiger partial charge < -0.3 is 10.0 Å². The van der Waals surface area contributed by atoms with Crippen molar-refractivity contribution in [2.75, 3.05) is 24.6 Å². The number of amides is 1. The first-order chi connectivity index (χ1) is 7.46. The zero-order chi connectivity index (χ0) is 11.9. The van der Waals surface area contributed by atoms with Crippen LogP contribution in [-0.2, 0) is 9.59 Å². The number of thioether (sulfide) groups is 1. The van der Waals surface area contributed by atoms with Gasteiger partial charge in [-0.1, -0.05) is 13.8 Å². The second-order valence-corrected chi connectivity index (χ2v) is 6.28. The lowest BCUT2D eigenvalue weighted by atomic mass is 10.1. The number of hydrogen-bond donors (Lipinski definition) is 1. The quantitative estimate of drug-likeness (QED) is 0.783. The highest BCUT2D eigenvalue weighted by molar-refractivity contribution is 7.99. The van der Waals surface area contributed by atoms with E-state index in [0.717, 1.165) is 24.6 Å². The van der Waals surface area contributed by atoms with Crippen molar-refractivity contribution in [2.24, 2.45) is 17.3 Å². The first kappa shape index (κ1) is 11.8. The van der Waals surface area contributed by atoms with Crippen LogP contribution < -0.4 is 0 Å². The molecule has 0 aromatic heterocycles. The van der Waals surface area contributed by atoms with Crippen LogP contribution in [0, 0.1) is 17.3 Å². The number of carboxylic acid groups (broad SMARTS) is 1. The van der Waals surface area contributed by atoms with Gasteiger partial charge in [-0.15, -0.1) is 0 Å². The summed E-state index contributed by atoms with van der Waals surface area (Å²) in [7, 11) is 0. The molecule has 1 saturated heterocycles. The van der Waals surface area contributed by atoms with Crippen molar-refractivity contribution in [2.45, 2.75) is 13.8 Å². The molecule has 1 N–H and O–H groups in total. The zero-order valence-corrected chi connectivity index (χ0v) is 10.4. The van der Waals surface area contributed by atoms with Gasteiger partial charge in [0.2, 0.25) is 5.91 Å². The van der Waals surface area contributed by atoms with Crippen molar-refractivity contribution in [1.29, 1.82) is 0 Å². The van der Waals surface area contributed by atoms with Gasteiger partial charge in [-0.05, 0) is 5.41 Å². The summed E-state index contributed by atoms with van der Waals surface area (Å²) in [5.74, 6) is 0.336. The third-order valence-corrected chi connectivity index (χ3v) is 4.62. The van der Waals surface area contributed by atoms with Gasteiger partial charge in [0.25, 0.3) is 0 Å². The van der Waals surface area contributed by atoms with Crippen LogP contribution in [0.1, 0.15) is 13.8 Å². The molecule has 4 nitrogen and oxygen atoms in total. The fourth-order valence-corrected chi connectivity index (χ4v) is 3.44. The maximum absolute atomic E-state index is 12.1. The summed E-state index contributed by atoms with van der Waals surface area (Å²) < 4.78 is 0. The Bertz CT molecular complexity index is 323. The standard InChI is InChI=1S/C11H17NO3S/c1-11(2)7(8(11)10(14)15)9(13)12-3-5-16-6-4-12/h7-8H,3-6H2,1-2H3,(H,14,15)/t7-,8-/m1/s1. The summed E-state index contributed by atoms with van der Waals surface area (Å²) in [6.45, 7) is 5.27. The molecule has 1 amide bonds. The van der Waals surface area contributed by atoms with Gasteiger partial charge in [0.05, 0.1) is 11.8 Å². The van der Waals surface area contributed by atoms with Crippen LogP contribution in [0.2, 0.25) is 0 Å². The van der Waals surface area contributed by atoms with Crippen molar-refractivity contribution >= 4 is 23.6 Å². The topological polar surface area (TPSA) is 57.6 Å². The molecule has 1 saturated carbocycles. The summed E-state index contributed by atoms with van der Waals surface area (Å²) in [5.41, 5.74) is -0.368. The molecule has 0 aromatic carbocycles. The fraction of sp³-hybridized carbons (Fsp3) is 0.818. The van der Waals surface area contributed by atoms with Crippen LogP contribution in [0.4, 0.5) is 0 Å². The van der Waals surface area contributed by atoms with E-state index < -0.39 is 11.9 Å². The number of nitrogens with zero attached hydrogens (tertiary/aromatic N) is 1. The van der Waals surface area contributed by atoms with Gasteiger partial charge in [0.15, 0.2) is 0 Å². The third-order valence-electron chi connectivity index (χ3n) is 3.68. The number of aliphatic carboxylic acids is 1. The van der Waals surface area contributed by atoms with E-state index in [9.17, 15) is 9.59 Å². The maximum atomic E-state index is 12.1. The molecule has 90 valence electrons. The molecule has 0 spiro atoms. The lowest BCUT2D eigenvalue weighted by Gasteiger charge is -2.27. The number of rotatable bonds is 2. The third kappa shape index (κ3) is 1.81. The van der Waals surface area contributed by atoms with Crippen molar-refractivity contribution < 1.29 is 14.7 Å². The minimum absolute atomic E-state index is 0.0395. The Balaban J connectivity index is 2.03. The lowest BCUT2D eigenvalue weighted by Crippen LogP contribution is -2.39. The Morgan fingerprint density at radius 3 is 2.25 bits per heavy atom. The highest BCUT2D eigenvalue weighted by Gasteiger charge is 2.66. The molecule has 2 atom stereocenters. The van der Waals surface area contributed by atoms with Crippen LogP contribution in [0.25, 0.3) is 0 Å². The van der Waals surface area contributed by atoms with E-state index in [1.165, 1.54) is 0 Å². The van der Waals surface area contributed by atoms with Gasteiger partial charge in [0.1, 0.15) is 0 Å². The second-order valence-electron chi connectivity index (χ2n) is 5.05. The molecule has 0 bridgehead atoms. The zero-order valence-electron chi connectivity index (χ0n) is 9.60. The van der Waals surface area contributed by atoms with Crippen molar-refractivity contribution in [1.82, 2.24) is 4.90 Å². The minimum Gasteiger partial charge on any atom is -0.481 e. The van der Waals surface area contributed by atoms with Crippen LogP contribution in [0.5, 0.6) is 0 Å². The molecule has 2 fully saturated rings. The van der Waals surface area contributed by atoms with Crippen molar-refractivity contribution in [3.8, 4) is 0 Å². The summed E-state index contributed by atoms with van der Waals surface area (Å²) in [6.07, 6.45) is 0. The number of carbonyl (C=O) groups is 2. The Kier molecular flexibility index (Phi) is 2.90. The lowest BCUT2D eigenvalue weighted by molar-refractivity contribution is -0.142. The van der Waals surface area contributed by atoms with Gasteiger partial charge in [-0.25, -0.2) is 0 Å². The van der Waals surface area contributed by atoms with Crippen molar-refractivity contribution in [3.05, 3.63) is 0 Å². The van der Waals surface area contributed by atoms with Crippen LogP contribution in [-0.4, -0.2) is 46.5 Å². The van der Waals surface area contributed by atoms with E-state index in [1.54, 1.807) is 0 Å². The molecule has 0 aromatic rings. The number of carboxylic acids is 1. The molecule has 1 aliphatic heterocycles. The monoisotopic (exact) mass is 243 g/mol. The second kappa shape index (κ2) is 3.95. The smallest absolute Gasteiger partial charge is 0.307 e. The van der Waals surface area contributed by atoms with Crippen molar-refractivity contribution in [3.63, 3.8) is 0 Å². The van der Waals surface area contributed by atoms with Crippen LogP contribution in [0.15, 0.2) is 0 Å². The first-order valence-corrected chi connectivity index (χ1v) is 6.71. The molecule has 1 heterocycles. The Morgan fingerprint density at radius 1 is 1.25 bits per heavy atom. The van der Waals surface area contributed by atoms with Gasteiger partial charge >= 0.3 is 5.97 Å².